The largest absolute Gasteiger partial charge is 0.514 e. The molecule has 0 saturated carbocycles. The second kappa shape index (κ2) is 6.83. The molecule has 28 heavy (non-hydrogen) atoms. The van der Waals surface area contributed by atoms with Crippen molar-refractivity contribution < 1.29 is 23.9 Å². The van der Waals surface area contributed by atoms with E-state index >= 15 is 0 Å². The van der Waals surface area contributed by atoms with Crippen molar-refractivity contribution in [1.82, 2.24) is 15.0 Å². The zero-order valence-electron chi connectivity index (χ0n) is 14.4. The van der Waals surface area contributed by atoms with Gasteiger partial charge in [-0.25, -0.2) is 14.8 Å². The summed E-state index contributed by atoms with van der Waals surface area (Å²) in [6.45, 7) is 0. The summed E-state index contributed by atoms with van der Waals surface area (Å²) in [6.07, 6.45) is 1.81. The minimum Gasteiger partial charge on any atom is -0.439 e. The Kier molecular flexibility index (Phi) is 4.20. The summed E-state index contributed by atoms with van der Waals surface area (Å²) in [6, 6.07) is 9.67. The molecule has 0 bridgehead atoms. The minimum atomic E-state index is -0.861. The Bertz CT molecular complexity index is 1200. The maximum Gasteiger partial charge on any atom is 0.514 e. The van der Waals surface area contributed by atoms with E-state index in [0.29, 0.717) is 5.75 Å². The van der Waals surface area contributed by atoms with Crippen LogP contribution in [0.2, 0.25) is 0 Å². The topological polar surface area (TPSA) is 129 Å². The van der Waals surface area contributed by atoms with Crippen molar-refractivity contribution in [3.05, 3.63) is 58.9 Å². The van der Waals surface area contributed by atoms with Crippen LogP contribution in [0.5, 0.6) is 17.5 Å². The molecule has 4 aromatic rings. The van der Waals surface area contributed by atoms with Gasteiger partial charge in [-0.05, 0) is 18.2 Å². The lowest BCUT2D eigenvalue weighted by molar-refractivity contribution is -0.385. The number of H-pyrrole nitrogens is 1. The highest BCUT2D eigenvalue weighted by Gasteiger charge is 2.12. The van der Waals surface area contributed by atoms with Gasteiger partial charge in [0.25, 0.3) is 5.69 Å². The van der Waals surface area contributed by atoms with Crippen LogP contribution in [0.25, 0.3) is 21.8 Å². The van der Waals surface area contributed by atoms with E-state index in [1.54, 1.807) is 24.4 Å². The average Bonchev–Trinajstić information content (AvgIpc) is 3.05. The van der Waals surface area contributed by atoms with Crippen LogP contribution < -0.4 is 9.47 Å². The second-order valence-corrected chi connectivity index (χ2v) is 5.67. The number of hydrogen-bond donors (Lipinski definition) is 1. The Morgan fingerprint density at radius 2 is 1.82 bits per heavy atom. The molecule has 10 heteroatoms. The first-order chi connectivity index (χ1) is 13.5. The Hall–Kier alpha value is -4.21. The van der Waals surface area contributed by atoms with Crippen molar-refractivity contribution in [2.75, 3.05) is 7.11 Å². The lowest BCUT2D eigenvalue weighted by atomic mass is 10.2. The number of carbonyl (C=O) groups excluding carboxylic acids is 1. The van der Waals surface area contributed by atoms with Crippen molar-refractivity contribution in [1.29, 1.82) is 0 Å². The number of ether oxygens (including phenoxy) is 3. The van der Waals surface area contributed by atoms with Crippen molar-refractivity contribution in [2.45, 2.75) is 0 Å². The van der Waals surface area contributed by atoms with E-state index in [9.17, 15) is 14.9 Å². The molecule has 140 valence electrons. The lowest BCUT2D eigenvalue weighted by Gasteiger charge is -2.04. The van der Waals surface area contributed by atoms with Gasteiger partial charge in [-0.3, -0.25) is 10.1 Å². The fraction of sp³-hybridized carbons (Fsp3) is 0.0556. The SMILES string of the molecule is COC(=O)Oc1cc2c(cn1)[nH]c1ccc(Oc3ccc([N+](=O)[O-])cn3)cc12. The molecule has 0 unspecified atom stereocenters. The van der Waals surface area contributed by atoms with E-state index in [1.165, 1.54) is 19.2 Å². The summed E-state index contributed by atoms with van der Waals surface area (Å²) in [5.74, 6) is 0.812. The molecular weight excluding hydrogens is 368 g/mol. The maximum atomic E-state index is 11.3. The Morgan fingerprint density at radius 3 is 2.54 bits per heavy atom. The number of nitro groups is 1. The van der Waals surface area contributed by atoms with Gasteiger partial charge in [-0.2, -0.15) is 0 Å². The van der Waals surface area contributed by atoms with Crippen molar-refractivity contribution in [3.8, 4) is 17.5 Å². The number of nitrogens with zero attached hydrogens (tertiary/aromatic N) is 3. The molecule has 3 aromatic heterocycles. The average molecular weight is 380 g/mol. The van der Waals surface area contributed by atoms with Gasteiger partial charge >= 0.3 is 6.16 Å². The first kappa shape index (κ1) is 17.2. The molecule has 0 amide bonds. The molecule has 0 radical (unpaired) electrons. The van der Waals surface area contributed by atoms with Gasteiger partial charge in [0, 0.05) is 34.5 Å². The number of aromatic nitrogens is 3. The number of nitrogens with one attached hydrogen (secondary N) is 1. The van der Waals surface area contributed by atoms with E-state index in [1.807, 2.05) is 6.07 Å². The zero-order chi connectivity index (χ0) is 19.7. The second-order valence-electron chi connectivity index (χ2n) is 5.67. The normalized spacial score (nSPS) is 10.8. The van der Waals surface area contributed by atoms with Gasteiger partial charge in [0.1, 0.15) is 11.9 Å². The van der Waals surface area contributed by atoms with Gasteiger partial charge in [0.15, 0.2) is 0 Å². The summed E-state index contributed by atoms with van der Waals surface area (Å²) in [5.41, 5.74) is 1.46. The zero-order valence-corrected chi connectivity index (χ0v) is 14.4. The number of methoxy groups -OCH3 is 1. The van der Waals surface area contributed by atoms with Crippen LogP contribution in [0, 0.1) is 10.1 Å². The Labute approximate surface area is 156 Å². The number of pyridine rings is 2. The van der Waals surface area contributed by atoms with Gasteiger partial charge in [-0.1, -0.05) is 0 Å². The van der Waals surface area contributed by atoms with Crippen LogP contribution in [-0.4, -0.2) is 33.1 Å². The molecule has 0 aliphatic heterocycles. The Balaban J connectivity index is 1.68. The van der Waals surface area contributed by atoms with Crippen LogP contribution in [0.4, 0.5) is 10.5 Å². The van der Waals surface area contributed by atoms with Crippen LogP contribution in [0.15, 0.2) is 48.8 Å². The highest BCUT2D eigenvalue weighted by atomic mass is 16.7. The highest BCUT2D eigenvalue weighted by molar-refractivity contribution is 6.07. The van der Waals surface area contributed by atoms with E-state index in [0.717, 1.165) is 28.0 Å². The fourth-order valence-corrected chi connectivity index (χ4v) is 2.67. The van der Waals surface area contributed by atoms with Gasteiger partial charge in [0.2, 0.25) is 11.8 Å². The van der Waals surface area contributed by atoms with Crippen LogP contribution >= 0.6 is 0 Å². The predicted octanol–water partition coefficient (Wildman–Crippen LogP) is 3.96. The summed E-state index contributed by atoms with van der Waals surface area (Å²) in [7, 11) is 1.21. The van der Waals surface area contributed by atoms with E-state index in [2.05, 4.69) is 19.7 Å². The molecule has 0 atom stereocenters. The van der Waals surface area contributed by atoms with Crippen molar-refractivity contribution in [2.24, 2.45) is 0 Å². The van der Waals surface area contributed by atoms with E-state index in [-0.39, 0.29) is 17.4 Å². The summed E-state index contributed by atoms with van der Waals surface area (Å²) in [5, 5.41) is 12.3. The van der Waals surface area contributed by atoms with Crippen LogP contribution in [-0.2, 0) is 4.74 Å². The van der Waals surface area contributed by atoms with Gasteiger partial charge < -0.3 is 19.2 Å². The smallest absolute Gasteiger partial charge is 0.439 e. The maximum absolute atomic E-state index is 11.3. The van der Waals surface area contributed by atoms with E-state index < -0.39 is 11.1 Å². The van der Waals surface area contributed by atoms with Gasteiger partial charge in [-0.15, -0.1) is 0 Å². The summed E-state index contributed by atoms with van der Waals surface area (Å²) in [4.78, 5) is 32.6. The molecule has 0 saturated heterocycles. The molecular formula is C18H12N4O6. The molecule has 3 heterocycles. The van der Waals surface area contributed by atoms with Crippen LogP contribution in [0.3, 0.4) is 0 Å². The van der Waals surface area contributed by atoms with E-state index in [4.69, 9.17) is 9.47 Å². The number of benzene rings is 1. The lowest BCUT2D eigenvalue weighted by Crippen LogP contribution is -2.08. The van der Waals surface area contributed by atoms with Crippen molar-refractivity contribution >= 4 is 33.6 Å². The minimum absolute atomic E-state index is 0.101. The summed E-state index contributed by atoms with van der Waals surface area (Å²) < 4.78 is 15.1. The van der Waals surface area contributed by atoms with Crippen LogP contribution in [0.1, 0.15) is 0 Å². The number of fused-ring (bicyclic) bond motifs is 3. The van der Waals surface area contributed by atoms with Gasteiger partial charge in [0.05, 0.1) is 23.7 Å². The monoisotopic (exact) mass is 380 g/mol. The number of aromatic amines is 1. The molecule has 0 spiro atoms. The fourth-order valence-electron chi connectivity index (χ4n) is 2.67. The molecule has 0 aliphatic rings. The number of hydrogen-bond acceptors (Lipinski definition) is 8. The predicted molar refractivity (Wildman–Crippen MR) is 97.6 cm³/mol. The highest BCUT2D eigenvalue weighted by Crippen LogP contribution is 2.31. The third-order valence-corrected chi connectivity index (χ3v) is 3.94. The third-order valence-electron chi connectivity index (χ3n) is 3.94. The molecule has 1 N–H and O–H groups in total. The standard InChI is InChI=1S/C18H12N4O6/c1-26-18(23)28-17-7-13-12-6-11(3-4-14(12)21-15(13)9-20-17)27-16-5-2-10(8-19-16)22(24)25/h2-9,21H,1H3. The molecule has 1 aromatic carbocycles. The Morgan fingerprint density at radius 1 is 1.04 bits per heavy atom. The molecule has 4 rings (SSSR count). The number of rotatable bonds is 4. The first-order valence-corrected chi connectivity index (χ1v) is 7.99. The molecule has 10 nitrogen and oxygen atoms in total. The first-order valence-electron chi connectivity index (χ1n) is 7.99. The summed E-state index contributed by atoms with van der Waals surface area (Å²) >= 11 is 0. The molecule has 0 fully saturated rings. The van der Waals surface area contributed by atoms with Crippen molar-refractivity contribution in [3.63, 3.8) is 0 Å². The molecule has 0 aliphatic carbocycles. The number of carbonyl (C=O) groups is 1. The third kappa shape index (κ3) is 3.26. The quantitative estimate of drug-likeness (QED) is 0.320.